The average Bonchev–Trinajstić information content (AvgIpc) is 3.60. The van der Waals surface area contributed by atoms with Crippen molar-refractivity contribution < 1.29 is 8.95 Å². The minimum absolute atomic E-state index is 0.312. The number of ether oxygens (including phenoxy) is 1. The number of aromatic nitrogens is 3. The van der Waals surface area contributed by atoms with E-state index < -0.39 is 15.5 Å². The zero-order chi connectivity index (χ0) is 21.5. The summed E-state index contributed by atoms with van der Waals surface area (Å²) in [7, 11) is -0.934. The van der Waals surface area contributed by atoms with E-state index in [2.05, 4.69) is 39.5 Å². The standard InChI is InChI=1S/C24H29N5O2S/c30-32(17-4-5-17)24(7-10-25-11-8-24)21-16-22(29-12-14-31-15-13-29)28-23(27-21)19-2-1-3-20-18(19)6-9-26-20/h1-3,6,9,16-17,25-26H,4-5,7-8,10-15H2. The molecule has 4 heterocycles. The molecule has 2 N–H and O–H groups in total. The van der Waals surface area contributed by atoms with E-state index in [-0.39, 0.29) is 0 Å². The number of hydrogen-bond donors (Lipinski definition) is 2. The summed E-state index contributed by atoms with van der Waals surface area (Å²) in [5.41, 5.74) is 3.03. The van der Waals surface area contributed by atoms with E-state index in [0.29, 0.717) is 18.5 Å². The number of benzene rings is 1. The van der Waals surface area contributed by atoms with Gasteiger partial charge >= 0.3 is 0 Å². The van der Waals surface area contributed by atoms with Crippen molar-refractivity contribution in [2.24, 2.45) is 0 Å². The Kier molecular flexibility index (Phi) is 5.24. The zero-order valence-corrected chi connectivity index (χ0v) is 19.0. The van der Waals surface area contributed by atoms with Gasteiger partial charge in [-0.2, -0.15) is 0 Å². The van der Waals surface area contributed by atoms with Crippen LogP contribution < -0.4 is 10.2 Å². The fourth-order valence-corrected chi connectivity index (χ4v) is 7.13. The monoisotopic (exact) mass is 451 g/mol. The molecule has 0 spiro atoms. The Morgan fingerprint density at radius 2 is 1.91 bits per heavy atom. The second kappa shape index (κ2) is 8.24. The van der Waals surface area contributed by atoms with Gasteiger partial charge in [0.1, 0.15) is 5.82 Å². The van der Waals surface area contributed by atoms with Crippen molar-refractivity contribution in [3.05, 3.63) is 42.2 Å². The first-order valence-electron chi connectivity index (χ1n) is 11.6. The van der Waals surface area contributed by atoms with E-state index in [9.17, 15) is 4.21 Å². The van der Waals surface area contributed by atoms with Gasteiger partial charge in [0.2, 0.25) is 0 Å². The van der Waals surface area contributed by atoms with E-state index in [4.69, 9.17) is 14.7 Å². The van der Waals surface area contributed by atoms with Crippen LogP contribution in [0.1, 0.15) is 31.4 Å². The molecule has 1 unspecified atom stereocenters. The Balaban J connectivity index is 1.53. The predicted molar refractivity (Wildman–Crippen MR) is 127 cm³/mol. The number of nitrogens with one attached hydrogen (secondary N) is 2. The van der Waals surface area contributed by atoms with Crippen molar-refractivity contribution in [3.8, 4) is 11.4 Å². The number of aromatic amines is 1. The number of anilines is 1. The van der Waals surface area contributed by atoms with Gasteiger partial charge in [0.15, 0.2) is 5.82 Å². The normalized spacial score (nSPS) is 22.2. The Morgan fingerprint density at radius 3 is 2.69 bits per heavy atom. The maximum Gasteiger partial charge on any atom is 0.162 e. The highest BCUT2D eigenvalue weighted by atomic mass is 32.2. The molecule has 8 heteroatoms. The fraction of sp³-hybridized carbons (Fsp3) is 0.500. The molecule has 168 valence electrons. The summed E-state index contributed by atoms with van der Waals surface area (Å²) >= 11 is 0. The lowest BCUT2D eigenvalue weighted by Crippen LogP contribution is -2.45. The number of nitrogens with zero attached hydrogens (tertiary/aromatic N) is 3. The number of H-pyrrole nitrogens is 1. The summed E-state index contributed by atoms with van der Waals surface area (Å²) < 4.78 is 18.9. The molecule has 7 nitrogen and oxygen atoms in total. The lowest BCUT2D eigenvalue weighted by molar-refractivity contribution is 0.122. The van der Waals surface area contributed by atoms with Crippen LogP contribution in [0.4, 0.5) is 5.82 Å². The maximum atomic E-state index is 13.8. The van der Waals surface area contributed by atoms with Crippen LogP contribution in [-0.4, -0.2) is 63.8 Å². The van der Waals surface area contributed by atoms with Crippen molar-refractivity contribution in [3.63, 3.8) is 0 Å². The van der Waals surface area contributed by atoms with Crippen LogP contribution in [0.25, 0.3) is 22.3 Å². The number of rotatable bonds is 5. The molecule has 2 aromatic heterocycles. The second-order valence-corrected chi connectivity index (χ2v) is 11.1. The van der Waals surface area contributed by atoms with Gasteiger partial charge in [0.25, 0.3) is 0 Å². The summed E-state index contributed by atoms with van der Waals surface area (Å²) in [5, 5.41) is 4.88. The van der Waals surface area contributed by atoms with Crippen LogP contribution in [0.2, 0.25) is 0 Å². The lowest BCUT2D eigenvalue weighted by Gasteiger charge is -2.37. The average molecular weight is 452 g/mol. The van der Waals surface area contributed by atoms with Gasteiger partial charge in [-0.3, -0.25) is 4.21 Å². The highest BCUT2D eigenvalue weighted by Crippen LogP contribution is 2.44. The first-order valence-corrected chi connectivity index (χ1v) is 12.9. The van der Waals surface area contributed by atoms with Gasteiger partial charge < -0.3 is 19.9 Å². The molecule has 3 aromatic rings. The summed E-state index contributed by atoms with van der Waals surface area (Å²) in [6.07, 6.45) is 5.79. The molecule has 0 radical (unpaired) electrons. The van der Waals surface area contributed by atoms with Crippen molar-refractivity contribution in [2.45, 2.75) is 35.7 Å². The summed E-state index contributed by atoms with van der Waals surface area (Å²) in [5.74, 6) is 1.64. The van der Waals surface area contributed by atoms with Crippen molar-refractivity contribution >= 4 is 27.5 Å². The first-order chi connectivity index (χ1) is 15.7. The van der Waals surface area contributed by atoms with Crippen LogP contribution in [0.5, 0.6) is 0 Å². The molecular formula is C24H29N5O2S. The van der Waals surface area contributed by atoms with E-state index in [1.807, 2.05) is 12.3 Å². The molecule has 6 rings (SSSR count). The summed E-state index contributed by atoms with van der Waals surface area (Å²) in [6, 6.07) is 10.4. The van der Waals surface area contributed by atoms with Gasteiger partial charge in [0.05, 0.1) is 23.7 Å². The summed E-state index contributed by atoms with van der Waals surface area (Å²) in [4.78, 5) is 15.8. The molecule has 1 aromatic carbocycles. The van der Waals surface area contributed by atoms with Crippen molar-refractivity contribution in [2.75, 3.05) is 44.3 Å². The lowest BCUT2D eigenvalue weighted by atomic mass is 9.92. The van der Waals surface area contributed by atoms with E-state index in [0.717, 1.165) is 85.7 Å². The number of morpholine rings is 1. The number of fused-ring (bicyclic) bond motifs is 1. The molecule has 2 aliphatic heterocycles. The third-order valence-electron chi connectivity index (χ3n) is 6.97. The van der Waals surface area contributed by atoms with Crippen LogP contribution in [-0.2, 0) is 20.3 Å². The van der Waals surface area contributed by atoms with Gasteiger partial charge in [-0.05, 0) is 50.9 Å². The molecule has 1 aliphatic carbocycles. The molecule has 3 fully saturated rings. The fourth-order valence-electron chi connectivity index (χ4n) is 5.02. The quantitative estimate of drug-likeness (QED) is 0.621. The Hall–Kier alpha value is -2.29. The van der Waals surface area contributed by atoms with Gasteiger partial charge in [-0.25, -0.2) is 9.97 Å². The zero-order valence-electron chi connectivity index (χ0n) is 18.2. The third-order valence-corrected chi connectivity index (χ3v) is 9.44. The smallest absolute Gasteiger partial charge is 0.162 e. The Labute approximate surface area is 190 Å². The van der Waals surface area contributed by atoms with E-state index in [1.54, 1.807) is 0 Å². The van der Waals surface area contributed by atoms with Gasteiger partial charge in [-0.15, -0.1) is 0 Å². The molecule has 32 heavy (non-hydrogen) atoms. The Bertz CT molecular complexity index is 1150. The Morgan fingerprint density at radius 1 is 1.09 bits per heavy atom. The summed E-state index contributed by atoms with van der Waals surface area (Å²) in [6.45, 7) is 4.77. The van der Waals surface area contributed by atoms with Crippen LogP contribution >= 0.6 is 0 Å². The minimum atomic E-state index is -0.934. The molecule has 0 amide bonds. The predicted octanol–water partition coefficient (Wildman–Crippen LogP) is 2.95. The molecule has 2 saturated heterocycles. The highest BCUT2D eigenvalue weighted by molar-refractivity contribution is 7.87. The van der Waals surface area contributed by atoms with Crippen molar-refractivity contribution in [1.29, 1.82) is 0 Å². The molecule has 0 bridgehead atoms. The topological polar surface area (TPSA) is 83.1 Å². The van der Waals surface area contributed by atoms with Gasteiger partial charge in [-0.1, -0.05) is 12.1 Å². The molecule has 1 atom stereocenters. The number of piperidine rings is 1. The van der Waals surface area contributed by atoms with E-state index >= 15 is 0 Å². The largest absolute Gasteiger partial charge is 0.378 e. The first kappa shape index (κ1) is 20.3. The molecule has 1 saturated carbocycles. The third kappa shape index (κ3) is 3.54. The molecular weight excluding hydrogens is 422 g/mol. The van der Waals surface area contributed by atoms with Crippen LogP contribution in [0.15, 0.2) is 36.5 Å². The second-order valence-electron chi connectivity index (χ2n) is 9.02. The number of hydrogen-bond acceptors (Lipinski definition) is 6. The SMILES string of the molecule is O=S(C1CC1)C1(c2cc(N3CCOCC3)nc(-c3cccc4[nH]ccc34)n2)CCNCC1. The van der Waals surface area contributed by atoms with Gasteiger partial charge in [0, 0.05) is 57.9 Å². The minimum Gasteiger partial charge on any atom is -0.378 e. The van der Waals surface area contributed by atoms with Crippen LogP contribution in [0, 0.1) is 0 Å². The maximum absolute atomic E-state index is 13.8. The van der Waals surface area contributed by atoms with Crippen molar-refractivity contribution in [1.82, 2.24) is 20.3 Å². The van der Waals surface area contributed by atoms with E-state index in [1.165, 1.54) is 0 Å². The molecule has 3 aliphatic rings. The highest BCUT2D eigenvalue weighted by Gasteiger charge is 2.47. The van der Waals surface area contributed by atoms with Crippen LogP contribution in [0.3, 0.4) is 0 Å².